The third-order valence-corrected chi connectivity index (χ3v) is 8.44. The molecule has 0 radical (unpaired) electrons. The summed E-state index contributed by atoms with van der Waals surface area (Å²) in [4.78, 5) is 22.2. The molecule has 0 spiro atoms. The molecule has 3 rings (SSSR count). The second-order valence-corrected chi connectivity index (χ2v) is 12.9. The van der Waals surface area contributed by atoms with Gasteiger partial charge in [-0.3, -0.25) is 14.7 Å². The number of benzene rings is 3. The molecular weight excluding hydrogens is 560 g/mol. The Bertz CT molecular complexity index is 1540. The minimum absolute atomic E-state index is 0.0122. The molecule has 0 saturated heterocycles. The number of carboxylic acids is 1. The predicted octanol–water partition coefficient (Wildman–Crippen LogP) is 3.79. The first-order chi connectivity index (χ1) is 17.3. The summed E-state index contributed by atoms with van der Waals surface area (Å²) in [5.74, 6) is 1.25. The molecule has 0 saturated carbocycles. The molecule has 0 bridgehead atoms. The largest absolute Gasteiger partial charge is 0.508 e. The van der Waals surface area contributed by atoms with Crippen LogP contribution in [0.3, 0.4) is 0 Å². The highest BCUT2D eigenvalue weighted by molar-refractivity contribution is 7.90. The Hall–Kier alpha value is -2.83. The number of nitrogens with one attached hydrogen (secondary N) is 1. The second kappa shape index (κ2) is 11.7. The molecule has 0 aliphatic rings. The Morgan fingerprint density at radius 2 is 1.73 bits per heavy atom. The van der Waals surface area contributed by atoms with E-state index in [2.05, 4.69) is 16.9 Å². The smallest absolute Gasteiger partial charge is 0.321 e. The Balaban J connectivity index is 1.77. The summed E-state index contributed by atoms with van der Waals surface area (Å²) in [7, 11) is -7.53. The van der Waals surface area contributed by atoms with Crippen molar-refractivity contribution < 1.29 is 32.9 Å². The lowest BCUT2D eigenvalue weighted by Gasteiger charge is -2.16. The van der Waals surface area contributed by atoms with Crippen LogP contribution in [0.5, 0.6) is 5.75 Å². The molecule has 3 aromatic carbocycles. The molecule has 3 aromatic rings. The fraction of sp³-hybridized carbons (Fsp3) is 0.160. The van der Waals surface area contributed by atoms with E-state index in [0.29, 0.717) is 11.1 Å². The summed E-state index contributed by atoms with van der Waals surface area (Å²) in [6.45, 7) is -0.0180. The molecular formula is C25H22Cl2NO7PS. The maximum absolute atomic E-state index is 12.6. The van der Waals surface area contributed by atoms with Crippen LogP contribution in [0.25, 0.3) is 0 Å². The number of carboxylic acid groups (broad SMARTS) is 1. The number of aromatic hydroxyl groups is 1. The highest BCUT2D eigenvalue weighted by Crippen LogP contribution is 2.38. The Kier molecular flexibility index (Phi) is 9.09. The van der Waals surface area contributed by atoms with Crippen LogP contribution in [-0.2, 0) is 32.2 Å². The van der Waals surface area contributed by atoms with E-state index in [0.717, 1.165) is 12.3 Å². The van der Waals surface area contributed by atoms with Crippen LogP contribution in [0.4, 0.5) is 0 Å². The van der Waals surface area contributed by atoms with Gasteiger partial charge in [0.2, 0.25) is 0 Å². The highest BCUT2D eigenvalue weighted by atomic mass is 35.5. The van der Waals surface area contributed by atoms with Gasteiger partial charge in [-0.15, -0.1) is 0 Å². The SMILES string of the molecule is CS(=O)(=O)c1cccc(C[C@H](NCc2c(Cl)cc(C#CP(=O)(O)c3cccc(O)c3)cc2Cl)C(=O)O)c1. The summed E-state index contributed by atoms with van der Waals surface area (Å²) in [5, 5.41) is 22.3. The topological polar surface area (TPSA) is 141 Å². The number of sulfone groups is 1. The second-order valence-electron chi connectivity index (χ2n) is 8.15. The van der Waals surface area contributed by atoms with Crippen LogP contribution in [0, 0.1) is 11.6 Å². The van der Waals surface area contributed by atoms with Gasteiger partial charge in [0.05, 0.1) is 10.2 Å². The number of rotatable bonds is 8. The van der Waals surface area contributed by atoms with Crippen molar-refractivity contribution in [2.24, 2.45) is 0 Å². The third-order valence-electron chi connectivity index (χ3n) is 5.26. The number of halogens is 2. The van der Waals surface area contributed by atoms with Gasteiger partial charge in [0.1, 0.15) is 11.8 Å². The maximum Gasteiger partial charge on any atom is 0.321 e. The average Bonchev–Trinajstić information content (AvgIpc) is 2.81. The lowest BCUT2D eigenvalue weighted by molar-refractivity contribution is -0.139. The fourth-order valence-electron chi connectivity index (χ4n) is 3.34. The van der Waals surface area contributed by atoms with Crippen LogP contribution in [0.2, 0.25) is 10.0 Å². The van der Waals surface area contributed by atoms with E-state index in [1.807, 2.05) is 0 Å². The van der Waals surface area contributed by atoms with Gasteiger partial charge in [-0.05, 0) is 60.1 Å². The van der Waals surface area contributed by atoms with Crippen molar-refractivity contribution >= 4 is 51.7 Å². The molecule has 37 heavy (non-hydrogen) atoms. The quantitative estimate of drug-likeness (QED) is 0.232. The molecule has 1 unspecified atom stereocenters. The first-order valence-electron chi connectivity index (χ1n) is 10.6. The van der Waals surface area contributed by atoms with Gasteiger partial charge >= 0.3 is 13.3 Å². The van der Waals surface area contributed by atoms with Gasteiger partial charge in [-0.1, -0.05) is 47.3 Å². The van der Waals surface area contributed by atoms with Crippen LogP contribution in [-0.4, -0.2) is 41.8 Å². The number of aliphatic carboxylic acids is 1. The van der Waals surface area contributed by atoms with Gasteiger partial charge in [0, 0.05) is 34.0 Å². The zero-order valence-electron chi connectivity index (χ0n) is 19.4. The number of hydrogen-bond acceptors (Lipinski definition) is 6. The zero-order chi connectivity index (χ0) is 27.4. The van der Waals surface area contributed by atoms with Crippen molar-refractivity contribution in [3.8, 4) is 17.3 Å². The summed E-state index contributed by atoms with van der Waals surface area (Å²) < 4.78 is 36.1. The van der Waals surface area contributed by atoms with Crippen molar-refractivity contribution in [1.82, 2.24) is 5.32 Å². The van der Waals surface area contributed by atoms with Crippen LogP contribution in [0.1, 0.15) is 16.7 Å². The average molecular weight is 582 g/mol. The molecule has 0 fully saturated rings. The van der Waals surface area contributed by atoms with E-state index in [1.165, 1.54) is 42.5 Å². The molecule has 8 nitrogen and oxygen atoms in total. The summed E-state index contributed by atoms with van der Waals surface area (Å²) >= 11 is 12.7. The molecule has 0 aromatic heterocycles. The van der Waals surface area contributed by atoms with E-state index >= 15 is 0 Å². The first kappa shape index (κ1) is 28.7. The summed E-state index contributed by atoms with van der Waals surface area (Å²) in [6.07, 6.45) is 1.08. The van der Waals surface area contributed by atoms with E-state index in [9.17, 15) is 32.9 Å². The van der Waals surface area contributed by atoms with Crippen LogP contribution < -0.4 is 10.6 Å². The molecule has 0 amide bonds. The van der Waals surface area contributed by atoms with E-state index in [1.54, 1.807) is 12.1 Å². The Morgan fingerprint density at radius 3 is 2.32 bits per heavy atom. The number of hydrogen-bond donors (Lipinski definition) is 4. The third kappa shape index (κ3) is 7.83. The van der Waals surface area contributed by atoms with Gasteiger partial charge in [0.15, 0.2) is 9.84 Å². The number of carbonyl (C=O) groups is 1. The summed E-state index contributed by atoms with van der Waals surface area (Å²) in [5.41, 5.74) is 3.47. The monoisotopic (exact) mass is 581 g/mol. The standard InChI is InChI=1S/C25H22Cl2NO7PS/c1-37(34,35)20-7-2-4-16(10-20)13-24(25(30)31)28-15-21-22(26)11-17(12-23(21)27)8-9-36(32,33)19-6-3-5-18(29)14-19/h2-7,10-12,14,24,28-29H,13,15H2,1H3,(H,30,31)(H,32,33)/t24-/m0/s1. The molecule has 12 heteroatoms. The molecule has 0 aliphatic heterocycles. The minimum atomic E-state index is -4.09. The van der Waals surface area contributed by atoms with Gasteiger partial charge in [0.25, 0.3) is 0 Å². The van der Waals surface area contributed by atoms with Crippen LogP contribution in [0.15, 0.2) is 65.6 Å². The lowest BCUT2D eigenvalue weighted by Crippen LogP contribution is -2.38. The Labute approximate surface area is 224 Å². The van der Waals surface area contributed by atoms with Crippen molar-refractivity contribution in [1.29, 1.82) is 0 Å². The minimum Gasteiger partial charge on any atom is -0.508 e. The van der Waals surface area contributed by atoms with Gasteiger partial charge in [-0.2, -0.15) is 0 Å². The highest BCUT2D eigenvalue weighted by Gasteiger charge is 2.21. The van der Waals surface area contributed by atoms with E-state index in [4.69, 9.17) is 23.2 Å². The maximum atomic E-state index is 12.6. The number of phenols is 1. The lowest BCUT2D eigenvalue weighted by atomic mass is 10.1. The van der Waals surface area contributed by atoms with Crippen LogP contribution >= 0.6 is 30.6 Å². The summed E-state index contributed by atoms with van der Waals surface area (Å²) in [6, 6.07) is 13.2. The number of phenolic OH excluding ortho intramolecular Hbond substituents is 1. The van der Waals surface area contributed by atoms with Gasteiger partial charge in [-0.25, -0.2) is 8.42 Å². The van der Waals surface area contributed by atoms with Crippen molar-refractivity contribution in [3.63, 3.8) is 0 Å². The molecule has 2 atom stereocenters. The van der Waals surface area contributed by atoms with E-state index < -0.39 is 29.2 Å². The predicted molar refractivity (Wildman–Crippen MR) is 142 cm³/mol. The Morgan fingerprint density at radius 1 is 1.08 bits per heavy atom. The zero-order valence-corrected chi connectivity index (χ0v) is 22.6. The molecule has 0 aliphatic carbocycles. The molecule has 194 valence electrons. The van der Waals surface area contributed by atoms with Crippen molar-refractivity contribution in [3.05, 3.63) is 87.4 Å². The van der Waals surface area contributed by atoms with Crippen molar-refractivity contribution in [2.45, 2.75) is 23.9 Å². The van der Waals surface area contributed by atoms with Crippen molar-refractivity contribution in [2.75, 3.05) is 6.26 Å². The first-order valence-corrected chi connectivity index (χ1v) is 15.0. The molecule has 0 heterocycles. The van der Waals surface area contributed by atoms with E-state index in [-0.39, 0.29) is 44.5 Å². The fourth-order valence-corrected chi connectivity index (χ4v) is 5.66. The molecule has 4 N–H and O–H groups in total. The normalized spacial score (nSPS) is 13.7. The van der Waals surface area contributed by atoms with Gasteiger partial charge < -0.3 is 15.1 Å².